The lowest BCUT2D eigenvalue weighted by Crippen LogP contribution is -2.41. The van der Waals surface area contributed by atoms with Crippen LogP contribution in [-0.2, 0) is 14.3 Å². The number of nitrogens with one attached hydrogen (secondary N) is 1. The SMILES string of the molecule is CCC(CC)CN1C[C@@H](n2nnc(C(=O)OC)c2C(=O)OC)C[C@H]1C(=O)Nc1cccc(SC)c1. The van der Waals surface area contributed by atoms with Gasteiger partial charge in [0.1, 0.15) is 0 Å². The molecule has 0 bridgehead atoms. The van der Waals surface area contributed by atoms with Crippen LogP contribution >= 0.6 is 11.8 Å². The monoisotopic (exact) mass is 503 g/mol. The molecule has 1 N–H and O–H groups in total. The normalized spacial score (nSPS) is 18.0. The molecule has 0 spiro atoms. The molecular weight excluding hydrogens is 470 g/mol. The van der Waals surface area contributed by atoms with E-state index in [9.17, 15) is 14.4 Å². The van der Waals surface area contributed by atoms with Gasteiger partial charge < -0.3 is 14.8 Å². The Morgan fingerprint density at radius 2 is 1.89 bits per heavy atom. The molecule has 1 aliphatic rings. The van der Waals surface area contributed by atoms with Crippen molar-refractivity contribution in [2.75, 3.05) is 38.9 Å². The average Bonchev–Trinajstić information content (AvgIpc) is 3.51. The Labute approximate surface area is 209 Å². The third-order valence-electron chi connectivity index (χ3n) is 6.47. The summed E-state index contributed by atoms with van der Waals surface area (Å²) < 4.78 is 11.0. The van der Waals surface area contributed by atoms with Gasteiger partial charge in [-0.15, -0.1) is 16.9 Å². The largest absolute Gasteiger partial charge is 0.464 e. The van der Waals surface area contributed by atoms with Crippen LogP contribution in [0.2, 0.25) is 0 Å². The quantitative estimate of drug-likeness (QED) is 0.385. The first kappa shape index (κ1) is 26.7. The maximum absolute atomic E-state index is 13.4. The van der Waals surface area contributed by atoms with E-state index in [1.165, 1.54) is 18.9 Å². The first-order chi connectivity index (χ1) is 16.9. The van der Waals surface area contributed by atoms with Gasteiger partial charge in [0.2, 0.25) is 11.6 Å². The zero-order valence-electron chi connectivity index (χ0n) is 20.8. The molecule has 0 radical (unpaired) electrons. The number of ether oxygens (including phenoxy) is 2. The zero-order valence-corrected chi connectivity index (χ0v) is 21.6. The topological polar surface area (TPSA) is 116 Å². The van der Waals surface area contributed by atoms with Gasteiger partial charge in [0.05, 0.1) is 26.3 Å². The fraction of sp³-hybridized carbons (Fsp3) is 0.542. The van der Waals surface area contributed by atoms with Crippen molar-refractivity contribution in [1.29, 1.82) is 0 Å². The van der Waals surface area contributed by atoms with Gasteiger partial charge in [0.15, 0.2) is 5.69 Å². The lowest BCUT2D eigenvalue weighted by atomic mass is 10.0. The van der Waals surface area contributed by atoms with Crippen LogP contribution in [0.1, 0.15) is 60.1 Å². The molecular formula is C24H33N5O5S. The van der Waals surface area contributed by atoms with Crippen molar-refractivity contribution < 1.29 is 23.9 Å². The molecule has 1 saturated heterocycles. The van der Waals surface area contributed by atoms with E-state index >= 15 is 0 Å². The summed E-state index contributed by atoms with van der Waals surface area (Å²) in [4.78, 5) is 41.3. The van der Waals surface area contributed by atoms with E-state index in [0.29, 0.717) is 18.9 Å². The number of hydrogen-bond acceptors (Lipinski definition) is 9. The Morgan fingerprint density at radius 1 is 1.17 bits per heavy atom. The molecule has 2 heterocycles. The molecule has 1 aliphatic heterocycles. The van der Waals surface area contributed by atoms with Gasteiger partial charge in [-0.25, -0.2) is 14.3 Å². The number of amides is 1. The molecule has 0 unspecified atom stereocenters. The van der Waals surface area contributed by atoms with E-state index in [1.54, 1.807) is 11.8 Å². The van der Waals surface area contributed by atoms with Crippen LogP contribution in [0.25, 0.3) is 0 Å². The van der Waals surface area contributed by atoms with E-state index in [-0.39, 0.29) is 23.3 Å². The van der Waals surface area contributed by atoms with Gasteiger partial charge in [0.25, 0.3) is 0 Å². The molecule has 10 nitrogen and oxygen atoms in total. The molecule has 35 heavy (non-hydrogen) atoms. The summed E-state index contributed by atoms with van der Waals surface area (Å²) in [6.07, 6.45) is 4.37. The predicted octanol–water partition coefficient (Wildman–Crippen LogP) is 3.26. The first-order valence-electron chi connectivity index (χ1n) is 11.7. The maximum Gasteiger partial charge on any atom is 0.361 e. The molecule has 190 valence electrons. The van der Waals surface area contributed by atoms with Crippen LogP contribution in [-0.4, -0.2) is 77.3 Å². The molecule has 3 rings (SSSR count). The fourth-order valence-corrected chi connectivity index (χ4v) is 4.87. The Hall–Kier alpha value is -2.92. The van der Waals surface area contributed by atoms with Crippen LogP contribution in [0.3, 0.4) is 0 Å². The molecule has 1 aromatic carbocycles. The van der Waals surface area contributed by atoms with Crippen LogP contribution in [0.5, 0.6) is 0 Å². The number of thioether (sulfide) groups is 1. The van der Waals surface area contributed by atoms with E-state index in [4.69, 9.17) is 9.47 Å². The van der Waals surface area contributed by atoms with Crippen LogP contribution in [0.15, 0.2) is 29.2 Å². The lowest BCUT2D eigenvalue weighted by molar-refractivity contribution is -0.120. The highest BCUT2D eigenvalue weighted by Crippen LogP contribution is 2.31. The number of carbonyl (C=O) groups excluding carboxylic acids is 3. The molecule has 2 aromatic rings. The van der Waals surface area contributed by atoms with Gasteiger partial charge in [-0.1, -0.05) is 38.0 Å². The second-order valence-electron chi connectivity index (χ2n) is 8.48. The van der Waals surface area contributed by atoms with Crippen molar-refractivity contribution in [3.8, 4) is 0 Å². The van der Waals surface area contributed by atoms with Crippen molar-refractivity contribution in [1.82, 2.24) is 19.9 Å². The molecule has 1 amide bonds. The van der Waals surface area contributed by atoms with Crippen LogP contribution in [0.4, 0.5) is 5.69 Å². The second kappa shape index (κ2) is 12.2. The number of methoxy groups -OCH3 is 2. The summed E-state index contributed by atoms with van der Waals surface area (Å²) in [5, 5.41) is 11.0. The summed E-state index contributed by atoms with van der Waals surface area (Å²) in [6, 6.07) is 6.92. The third kappa shape index (κ3) is 6.02. The molecule has 0 aliphatic carbocycles. The van der Waals surface area contributed by atoms with E-state index < -0.39 is 18.0 Å². The first-order valence-corrected chi connectivity index (χ1v) is 12.9. The zero-order chi connectivity index (χ0) is 25.5. The molecule has 11 heteroatoms. The van der Waals surface area contributed by atoms with Crippen molar-refractivity contribution >= 4 is 35.3 Å². The number of hydrogen-bond donors (Lipinski definition) is 1. The highest BCUT2D eigenvalue weighted by Gasteiger charge is 2.41. The Bertz CT molecular complexity index is 1050. The van der Waals surface area contributed by atoms with Crippen LogP contribution in [0, 0.1) is 5.92 Å². The van der Waals surface area contributed by atoms with E-state index in [2.05, 4.69) is 34.4 Å². The number of anilines is 1. The number of esters is 2. The van der Waals surface area contributed by atoms with Gasteiger partial charge in [-0.05, 0) is 36.8 Å². The second-order valence-corrected chi connectivity index (χ2v) is 9.36. The Morgan fingerprint density at radius 3 is 2.51 bits per heavy atom. The highest BCUT2D eigenvalue weighted by molar-refractivity contribution is 7.98. The highest BCUT2D eigenvalue weighted by atomic mass is 32.2. The lowest BCUT2D eigenvalue weighted by Gasteiger charge is -2.27. The van der Waals surface area contributed by atoms with Gasteiger partial charge in [-0.2, -0.15) is 0 Å². The minimum Gasteiger partial charge on any atom is -0.464 e. The van der Waals surface area contributed by atoms with Gasteiger partial charge in [0, 0.05) is 23.7 Å². The number of benzene rings is 1. The van der Waals surface area contributed by atoms with Crippen molar-refractivity contribution in [3.05, 3.63) is 35.7 Å². The van der Waals surface area contributed by atoms with Crippen LogP contribution < -0.4 is 5.32 Å². The van der Waals surface area contributed by atoms with E-state index in [1.807, 2.05) is 30.5 Å². The fourth-order valence-electron chi connectivity index (χ4n) is 4.41. The summed E-state index contributed by atoms with van der Waals surface area (Å²) in [5.41, 5.74) is 0.463. The number of aromatic nitrogens is 3. The van der Waals surface area contributed by atoms with E-state index in [0.717, 1.165) is 30.0 Å². The predicted molar refractivity (Wildman–Crippen MR) is 133 cm³/mol. The standard InChI is InChI=1S/C24H33N5O5S/c1-6-15(7-2)13-28-14-17(29-21(24(32)34-4)20(26-27-29)23(31)33-3)12-19(28)22(30)25-16-9-8-10-18(11-16)35-5/h8-11,15,17,19H,6-7,12-14H2,1-5H3,(H,25,30)/t17-,19-/m0/s1. The number of likely N-dealkylation sites (tertiary alicyclic amines) is 1. The van der Waals surface area contributed by atoms with Gasteiger partial charge in [-0.3, -0.25) is 9.69 Å². The summed E-state index contributed by atoms with van der Waals surface area (Å²) >= 11 is 1.61. The third-order valence-corrected chi connectivity index (χ3v) is 7.19. The number of nitrogens with zero attached hydrogens (tertiary/aromatic N) is 4. The minimum absolute atomic E-state index is 0.0689. The van der Waals surface area contributed by atoms with Gasteiger partial charge >= 0.3 is 11.9 Å². The summed E-state index contributed by atoms with van der Waals surface area (Å²) in [5.74, 6) is -1.20. The molecule has 0 saturated carbocycles. The molecule has 1 aromatic heterocycles. The number of carbonyl (C=O) groups is 3. The maximum atomic E-state index is 13.4. The summed E-state index contributed by atoms with van der Waals surface area (Å²) in [7, 11) is 2.44. The minimum atomic E-state index is -0.772. The molecule has 2 atom stereocenters. The smallest absolute Gasteiger partial charge is 0.361 e. The number of rotatable bonds is 10. The molecule has 1 fully saturated rings. The van der Waals surface area contributed by atoms with Crippen molar-refractivity contribution in [2.24, 2.45) is 5.92 Å². The van der Waals surface area contributed by atoms with Crippen molar-refractivity contribution in [3.63, 3.8) is 0 Å². The average molecular weight is 504 g/mol. The Balaban J connectivity index is 1.91. The Kier molecular flexibility index (Phi) is 9.27. The summed E-state index contributed by atoms with van der Waals surface area (Å²) in [6.45, 7) is 5.49. The van der Waals surface area contributed by atoms with Crippen molar-refractivity contribution in [2.45, 2.75) is 50.1 Å².